The van der Waals surface area contributed by atoms with Gasteiger partial charge in [0, 0.05) is 12.2 Å². The van der Waals surface area contributed by atoms with E-state index in [-0.39, 0.29) is 11.3 Å². The zero-order chi connectivity index (χ0) is 18.4. The Hall–Kier alpha value is -2.33. The highest BCUT2D eigenvalue weighted by Crippen LogP contribution is 2.48. The summed E-state index contributed by atoms with van der Waals surface area (Å²) in [5, 5.41) is 3.06. The lowest BCUT2D eigenvalue weighted by atomic mass is 9.95. The normalized spacial score (nSPS) is 14.9. The molecule has 4 heteroatoms. The number of ether oxygens (including phenoxy) is 1. The molecule has 0 unspecified atom stereocenters. The zero-order valence-corrected chi connectivity index (χ0v) is 15.7. The number of rotatable bonds is 9. The van der Waals surface area contributed by atoms with Crippen molar-refractivity contribution in [3.8, 4) is 5.75 Å². The quantitative estimate of drug-likeness (QED) is 0.739. The average molecular weight is 352 g/mol. The number of carbonyl (C=O) groups is 1. The van der Waals surface area contributed by atoms with Crippen LogP contribution in [0, 0.1) is 0 Å². The Kier molecular flexibility index (Phi) is 5.94. The molecule has 3 rings (SSSR count). The second kappa shape index (κ2) is 8.37. The zero-order valence-electron chi connectivity index (χ0n) is 15.7. The molecule has 4 nitrogen and oxygen atoms in total. The predicted octanol–water partition coefficient (Wildman–Crippen LogP) is 4.08. The van der Waals surface area contributed by atoms with E-state index < -0.39 is 0 Å². The summed E-state index contributed by atoms with van der Waals surface area (Å²) < 4.78 is 5.79. The molecule has 0 atom stereocenters. The first-order valence-electron chi connectivity index (χ1n) is 9.50. The van der Waals surface area contributed by atoms with Crippen molar-refractivity contribution in [2.45, 2.75) is 32.1 Å². The fraction of sp³-hybridized carbons (Fsp3) is 0.409. The van der Waals surface area contributed by atoms with E-state index in [2.05, 4.69) is 24.1 Å². The molecule has 1 aliphatic rings. The number of benzene rings is 2. The molecule has 2 aromatic carbocycles. The minimum Gasteiger partial charge on any atom is -0.492 e. The highest BCUT2D eigenvalue weighted by atomic mass is 16.5. The number of hydrogen-bond acceptors (Lipinski definition) is 3. The molecule has 26 heavy (non-hydrogen) atoms. The largest absolute Gasteiger partial charge is 0.492 e. The number of amides is 1. The van der Waals surface area contributed by atoms with Crippen molar-refractivity contribution in [2.24, 2.45) is 0 Å². The van der Waals surface area contributed by atoms with Gasteiger partial charge in [0.1, 0.15) is 12.4 Å². The summed E-state index contributed by atoms with van der Waals surface area (Å²) in [6.07, 6.45) is 1.82. The number of nitrogens with zero attached hydrogens (tertiary/aromatic N) is 1. The Balaban J connectivity index is 1.54. The fourth-order valence-electron chi connectivity index (χ4n) is 3.25. The molecule has 1 fully saturated rings. The maximum atomic E-state index is 12.7. The van der Waals surface area contributed by atoms with Gasteiger partial charge in [-0.15, -0.1) is 0 Å². The third kappa shape index (κ3) is 4.25. The summed E-state index contributed by atoms with van der Waals surface area (Å²) in [7, 11) is 0. The summed E-state index contributed by atoms with van der Waals surface area (Å²) in [6.45, 7) is 7.98. The molecule has 138 valence electrons. The lowest BCUT2D eigenvalue weighted by Crippen LogP contribution is -2.28. The van der Waals surface area contributed by atoms with E-state index >= 15 is 0 Å². The van der Waals surface area contributed by atoms with E-state index in [4.69, 9.17) is 4.74 Å². The number of anilines is 1. The molecule has 0 heterocycles. The van der Waals surface area contributed by atoms with E-state index in [1.54, 1.807) is 0 Å². The van der Waals surface area contributed by atoms with Gasteiger partial charge in [0.2, 0.25) is 5.91 Å². The van der Waals surface area contributed by atoms with Crippen molar-refractivity contribution in [1.82, 2.24) is 4.90 Å². The monoisotopic (exact) mass is 352 g/mol. The number of likely N-dealkylation sites (N-methyl/N-ethyl adjacent to an activating group) is 1. The second-order valence-electron chi connectivity index (χ2n) is 6.80. The molecule has 1 aliphatic carbocycles. The number of hydrogen-bond donors (Lipinski definition) is 1. The van der Waals surface area contributed by atoms with Gasteiger partial charge in [0.15, 0.2) is 0 Å². The van der Waals surface area contributed by atoms with Crippen molar-refractivity contribution in [1.29, 1.82) is 0 Å². The van der Waals surface area contributed by atoms with Gasteiger partial charge in [0.25, 0.3) is 0 Å². The van der Waals surface area contributed by atoms with E-state index in [9.17, 15) is 4.79 Å². The van der Waals surface area contributed by atoms with Crippen LogP contribution in [0.25, 0.3) is 0 Å². The summed E-state index contributed by atoms with van der Waals surface area (Å²) in [5.74, 6) is 0.915. The first-order chi connectivity index (χ1) is 12.7. The average Bonchev–Trinajstić information content (AvgIpc) is 3.49. The number of nitrogens with one attached hydrogen (secondary N) is 1. The fourth-order valence-corrected chi connectivity index (χ4v) is 3.25. The van der Waals surface area contributed by atoms with Gasteiger partial charge >= 0.3 is 0 Å². The van der Waals surface area contributed by atoms with Crippen LogP contribution in [0.2, 0.25) is 0 Å². The Labute approximate surface area is 156 Å². The molecule has 1 amide bonds. The molecule has 1 N–H and O–H groups in total. The SMILES string of the molecule is CCN(CC)CCOc1ccc(NC(=O)C2(c3ccccc3)CC2)cc1. The van der Waals surface area contributed by atoms with Gasteiger partial charge in [-0.1, -0.05) is 44.2 Å². The molecule has 0 radical (unpaired) electrons. The van der Waals surface area contributed by atoms with Gasteiger partial charge in [-0.05, 0) is 55.8 Å². The summed E-state index contributed by atoms with van der Waals surface area (Å²) in [5.41, 5.74) is 1.57. The second-order valence-corrected chi connectivity index (χ2v) is 6.80. The molecule has 2 aromatic rings. The van der Waals surface area contributed by atoms with Gasteiger partial charge in [-0.2, -0.15) is 0 Å². The van der Waals surface area contributed by atoms with E-state index in [1.165, 1.54) is 0 Å². The standard InChI is InChI=1S/C22H28N2O2/c1-3-24(4-2)16-17-26-20-12-10-19(11-13-20)23-21(25)22(14-15-22)18-8-6-5-7-9-18/h5-13H,3-4,14-17H2,1-2H3,(H,23,25). The molecule has 0 bridgehead atoms. The summed E-state index contributed by atoms with van der Waals surface area (Å²) in [4.78, 5) is 15.1. The van der Waals surface area contributed by atoms with Gasteiger partial charge in [-0.3, -0.25) is 4.79 Å². The Bertz CT molecular complexity index is 705. The van der Waals surface area contributed by atoms with Crippen molar-refractivity contribution in [3.63, 3.8) is 0 Å². The molecule has 0 aromatic heterocycles. The highest BCUT2D eigenvalue weighted by molar-refractivity contribution is 6.01. The van der Waals surface area contributed by atoms with Gasteiger partial charge in [-0.25, -0.2) is 0 Å². The van der Waals surface area contributed by atoms with E-state index in [0.717, 1.165) is 49.5 Å². The molecular formula is C22H28N2O2. The Morgan fingerprint density at radius 2 is 1.69 bits per heavy atom. The van der Waals surface area contributed by atoms with Gasteiger partial charge < -0.3 is 15.0 Å². The van der Waals surface area contributed by atoms with Crippen molar-refractivity contribution in [2.75, 3.05) is 31.6 Å². The minimum absolute atomic E-state index is 0.0823. The van der Waals surface area contributed by atoms with E-state index in [1.807, 2.05) is 54.6 Å². The van der Waals surface area contributed by atoms with Crippen LogP contribution in [0.4, 0.5) is 5.69 Å². The number of carbonyl (C=O) groups excluding carboxylic acids is 1. The van der Waals surface area contributed by atoms with Crippen molar-refractivity contribution >= 4 is 11.6 Å². The molecule has 0 aliphatic heterocycles. The summed E-state index contributed by atoms with van der Waals surface area (Å²) in [6, 6.07) is 17.7. The third-order valence-corrected chi connectivity index (χ3v) is 5.19. The van der Waals surface area contributed by atoms with Crippen LogP contribution in [-0.2, 0) is 10.2 Å². The van der Waals surface area contributed by atoms with Crippen LogP contribution < -0.4 is 10.1 Å². The third-order valence-electron chi connectivity index (χ3n) is 5.19. The molecule has 0 saturated heterocycles. The minimum atomic E-state index is -0.347. The Morgan fingerprint density at radius 1 is 1.04 bits per heavy atom. The van der Waals surface area contributed by atoms with Crippen LogP contribution in [0.1, 0.15) is 32.3 Å². The topological polar surface area (TPSA) is 41.6 Å². The summed E-state index contributed by atoms with van der Waals surface area (Å²) >= 11 is 0. The molecule has 0 spiro atoms. The van der Waals surface area contributed by atoms with Crippen LogP contribution in [0.3, 0.4) is 0 Å². The lowest BCUT2D eigenvalue weighted by molar-refractivity contribution is -0.118. The maximum absolute atomic E-state index is 12.7. The molecule has 1 saturated carbocycles. The van der Waals surface area contributed by atoms with Crippen LogP contribution >= 0.6 is 0 Å². The van der Waals surface area contributed by atoms with Crippen LogP contribution in [0.5, 0.6) is 5.75 Å². The van der Waals surface area contributed by atoms with Crippen LogP contribution in [0.15, 0.2) is 54.6 Å². The lowest BCUT2D eigenvalue weighted by Gasteiger charge is -2.18. The van der Waals surface area contributed by atoms with Crippen LogP contribution in [-0.4, -0.2) is 37.0 Å². The predicted molar refractivity (Wildman–Crippen MR) is 106 cm³/mol. The van der Waals surface area contributed by atoms with E-state index in [0.29, 0.717) is 6.61 Å². The first kappa shape index (κ1) is 18.5. The van der Waals surface area contributed by atoms with Gasteiger partial charge in [0.05, 0.1) is 5.41 Å². The first-order valence-corrected chi connectivity index (χ1v) is 9.50. The molecular weight excluding hydrogens is 324 g/mol. The highest BCUT2D eigenvalue weighted by Gasteiger charge is 2.51. The Morgan fingerprint density at radius 3 is 2.27 bits per heavy atom. The maximum Gasteiger partial charge on any atom is 0.235 e. The smallest absolute Gasteiger partial charge is 0.235 e. The van der Waals surface area contributed by atoms with Crippen molar-refractivity contribution < 1.29 is 9.53 Å². The van der Waals surface area contributed by atoms with Crippen molar-refractivity contribution in [3.05, 3.63) is 60.2 Å².